The molecule has 0 fully saturated rings. The summed E-state index contributed by atoms with van der Waals surface area (Å²) in [6.45, 7) is 3.96. The van der Waals surface area contributed by atoms with Crippen molar-refractivity contribution < 1.29 is 5.11 Å². The molecular weight excluding hydrogens is 127 g/mol. The van der Waals surface area contributed by atoms with Gasteiger partial charge in [-0.1, -0.05) is 19.8 Å². The zero-order valence-corrected chi connectivity index (χ0v) is 5.15. The molecule has 0 aliphatic heterocycles. The SMILES string of the molecule is CCCCC(C)O.[KH]. The number of hydrogen-bond donors (Lipinski definition) is 1. The second kappa shape index (κ2) is 8.60. The third kappa shape index (κ3) is 10.6. The first-order valence-corrected chi connectivity index (χ1v) is 2.95. The molecule has 0 amide bonds. The van der Waals surface area contributed by atoms with Crippen molar-refractivity contribution in [2.75, 3.05) is 0 Å². The molecule has 0 aromatic rings. The van der Waals surface area contributed by atoms with Crippen molar-refractivity contribution in [1.29, 1.82) is 0 Å². The van der Waals surface area contributed by atoms with E-state index in [2.05, 4.69) is 6.92 Å². The van der Waals surface area contributed by atoms with Gasteiger partial charge in [0.1, 0.15) is 0 Å². The van der Waals surface area contributed by atoms with Crippen molar-refractivity contribution in [2.45, 2.75) is 39.2 Å². The molecule has 0 aromatic heterocycles. The second-order valence-corrected chi connectivity index (χ2v) is 1.99. The van der Waals surface area contributed by atoms with Crippen LogP contribution in [0.2, 0.25) is 0 Å². The van der Waals surface area contributed by atoms with Crippen LogP contribution in [0, 0.1) is 0 Å². The zero-order valence-electron chi connectivity index (χ0n) is 5.15. The number of hydrogen-bond acceptors (Lipinski definition) is 1. The third-order valence-electron chi connectivity index (χ3n) is 0.975. The molecule has 8 heavy (non-hydrogen) atoms. The molecule has 0 saturated heterocycles. The average Bonchev–Trinajstić information content (AvgIpc) is 1.61. The predicted octanol–water partition coefficient (Wildman–Crippen LogP) is 0.909. The maximum atomic E-state index is 8.68. The van der Waals surface area contributed by atoms with E-state index in [0.29, 0.717) is 0 Å². The zero-order chi connectivity index (χ0) is 5.70. The molecule has 1 unspecified atom stereocenters. The van der Waals surface area contributed by atoms with E-state index in [1.807, 2.05) is 6.92 Å². The van der Waals surface area contributed by atoms with Crippen molar-refractivity contribution >= 4 is 51.4 Å². The van der Waals surface area contributed by atoms with Gasteiger partial charge in [-0.3, -0.25) is 0 Å². The summed E-state index contributed by atoms with van der Waals surface area (Å²) >= 11 is 0. The van der Waals surface area contributed by atoms with E-state index in [0.717, 1.165) is 12.8 Å². The summed E-state index contributed by atoms with van der Waals surface area (Å²) in [6.07, 6.45) is 3.19. The Hall–Kier alpha value is 1.60. The molecule has 1 N–H and O–H groups in total. The van der Waals surface area contributed by atoms with Crippen LogP contribution in [-0.4, -0.2) is 62.6 Å². The molecule has 0 aromatic carbocycles. The van der Waals surface area contributed by atoms with Gasteiger partial charge in [0.2, 0.25) is 0 Å². The Labute approximate surface area is 94.3 Å². The van der Waals surface area contributed by atoms with Crippen LogP contribution in [0.4, 0.5) is 0 Å². The summed E-state index contributed by atoms with van der Waals surface area (Å²) in [5, 5.41) is 8.68. The Bertz CT molecular complexity index is 37.5. The van der Waals surface area contributed by atoms with Gasteiger partial charge in [-0.25, -0.2) is 0 Å². The van der Waals surface area contributed by atoms with Gasteiger partial charge in [0, 0.05) is 0 Å². The molecule has 0 aliphatic carbocycles. The van der Waals surface area contributed by atoms with E-state index in [9.17, 15) is 0 Å². The average molecular weight is 142 g/mol. The number of aliphatic hydroxyl groups excluding tert-OH is 1. The van der Waals surface area contributed by atoms with Crippen LogP contribution in [0.15, 0.2) is 0 Å². The first-order chi connectivity index (χ1) is 3.27. The Morgan fingerprint density at radius 3 is 2.12 bits per heavy atom. The van der Waals surface area contributed by atoms with Crippen molar-refractivity contribution in [2.24, 2.45) is 0 Å². The molecule has 0 radical (unpaired) electrons. The van der Waals surface area contributed by atoms with E-state index in [1.165, 1.54) is 6.42 Å². The molecule has 46 valence electrons. The fourth-order valence-corrected chi connectivity index (χ4v) is 0.500. The van der Waals surface area contributed by atoms with Gasteiger partial charge in [-0.2, -0.15) is 0 Å². The minimum absolute atomic E-state index is 0. The van der Waals surface area contributed by atoms with E-state index in [-0.39, 0.29) is 57.5 Å². The normalized spacial score (nSPS) is 12.4. The van der Waals surface area contributed by atoms with Gasteiger partial charge in [0.25, 0.3) is 0 Å². The van der Waals surface area contributed by atoms with E-state index < -0.39 is 0 Å². The molecule has 0 spiro atoms. The summed E-state index contributed by atoms with van der Waals surface area (Å²) in [7, 11) is 0. The quantitative estimate of drug-likeness (QED) is 0.581. The predicted molar refractivity (Wildman–Crippen MR) is 38.4 cm³/mol. The van der Waals surface area contributed by atoms with Gasteiger partial charge in [0.15, 0.2) is 0 Å². The van der Waals surface area contributed by atoms with E-state index in [1.54, 1.807) is 0 Å². The molecule has 0 rings (SSSR count). The molecule has 0 bridgehead atoms. The summed E-state index contributed by atoms with van der Waals surface area (Å²) in [6, 6.07) is 0. The van der Waals surface area contributed by atoms with Crippen LogP contribution in [0.3, 0.4) is 0 Å². The van der Waals surface area contributed by atoms with Crippen molar-refractivity contribution in [1.82, 2.24) is 0 Å². The van der Waals surface area contributed by atoms with Crippen LogP contribution >= 0.6 is 0 Å². The van der Waals surface area contributed by atoms with Gasteiger partial charge < -0.3 is 5.11 Å². The van der Waals surface area contributed by atoms with Gasteiger partial charge >= 0.3 is 51.4 Å². The van der Waals surface area contributed by atoms with Gasteiger partial charge in [-0.15, -0.1) is 0 Å². The van der Waals surface area contributed by atoms with Crippen LogP contribution < -0.4 is 0 Å². The molecule has 0 heterocycles. The van der Waals surface area contributed by atoms with Crippen molar-refractivity contribution in [3.63, 3.8) is 0 Å². The Kier molecular flexibility index (Phi) is 13.2. The maximum absolute atomic E-state index is 8.68. The summed E-state index contributed by atoms with van der Waals surface area (Å²) in [5.41, 5.74) is 0. The topological polar surface area (TPSA) is 20.2 Å². The van der Waals surface area contributed by atoms with Crippen LogP contribution in [0.1, 0.15) is 33.1 Å². The number of unbranched alkanes of at least 4 members (excludes halogenated alkanes) is 1. The second-order valence-electron chi connectivity index (χ2n) is 1.99. The fraction of sp³-hybridized carbons (Fsp3) is 1.00. The van der Waals surface area contributed by atoms with E-state index in [4.69, 9.17) is 5.11 Å². The van der Waals surface area contributed by atoms with Crippen molar-refractivity contribution in [3.8, 4) is 0 Å². The third-order valence-corrected chi connectivity index (χ3v) is 0.975. The van der Waals surface area contributed by atoms with Gasteiger partial charge in [-0.05, 0) is 13.3 Å². The molecule has 1 atom stereocenters. The summed E-state index contributed by atoms with van der Waals surface area (Å²) < 4.78 is 0. The minimum atomic E-state index is -0.0973. The molecule has 0 aliphatic rings. The Morgan fingerprint density at radius 2 is 2.00 bits per heavy atom. The monoisotopic (exact) mass is 142 g/mol. The summed E-state index contributed by atoms with van der Waals surface area (Å²) in [5.74, 6) is 0. The van der Waals surface area contributed by atoms with Crippen molar-refractivity contribution in [3.05, 3.63) is 0 Å². The molecule has 0 saturated carbocycles. The first-order valence-electron chi connectivity index (χ1n) is 2.95. The number of aliphatic hydroxyl groups is 1. The van der Waals surface area contributed by atoms with Crippen LogP contribution in [0.25, 0.3) is 0 Å². The van der Waals surface area contributed by atoms with Crippen LogP contribution in [-0.2, 0) is 0 Å². The molecule has 2 heteroatoms. The van der Waals surface area contributed by atoms with Crippen LogP contribution in [0.5, 0.6) is 0 Å². The molecular formula is C6H15KO. The standard InChI is InChI=1S/C6H14O.K.H/c1-3-4-5-6(2)7;;/h6-7H,3-5H2,1-2H3;;. The molecule has 1 nitrogen and oxygen atoms in total. The Morgan fingerprint density at radius 1 is 1.50 bits per heavy atom. The summed E-state index contributed by atoms with van der Waals surface area (Å²) in [4.78, 5) is 0. The van der Waals surface area contributed by atoms with Gasteiger partial charge in [0.05, 0.1) is 6.10 Å². The Balaban J connectivity index is 0. The fourth-order valence-electron chi connectivity index (χ4n) is 0.500. The first kappa shape index (κ1) is 12.3. The van der Waals surface area contributed by atoms with E-state index >= 15 is 0 Å². The number of rotatable bonds is 3.